The number of nitrogens with one attached hydrogen (secondary N) is 1. The number of carbonyl (C=O) groups is 3. The Morgan fingerprint density at radius 1 is 1.21 bits per heavy atom. The molecule has 0 bridgehead atoms. The fourth-order valence-electron chi connectivity index (χ4n) is 3.09. The minimum atomic E-state index is -0.745. The highest BCUT2D eigenvalue weighted by Crippen LogP contribution is 2.21. The second-order valence-corrected chi connectivity index (χ2v) is 7.19. The van der Waals surface area contributed by atoms with E-state index in [2.05, 4.69) is 15.3 Å². The van der Waals surface area contributed by atoms with Gasteiger partial charge in [-0.05, 0) is 31.2 Å². The first-order valence-electron chi connectivity index (χ1n) is 9.46. The molecule has 0 radical (unpaired) electrons. The van der Waals surface area contributed by atoms with E-state index in [4.69, 9.17) is 9.47 Å². The molecule has 2 heterocycles. The minimum absolute atomic E-state index is 0.200. The molecule has 1 amide bonds. The van der Waals surface area contributed by atoms with Crippen LogP contribution in [0.3, 0.4) is 0 Å². The predicted octanol–water partition coefficient (Wildman–Crippen LogP) is 0.940. The fourth-order valence-corrected chi connectivity index (χ4v) is 3.09. The number of carbonyl (C=O) groups excluding carboxylic acids is 3. The number of hydrogen-bond acceptors (Lipinski definition) is 8. The summed E-state index contributed by atoms with van der Waals surface area (Å²) in [7, 11) is 1.27. The van der Waals surface area contributed by atoms with Gasteiger partial charge in [0.2, 0.25) is 5.95 Å². The Morgan fingerprint density at radius 2 is 1.86 bits per heavy atom. The first-order valence-corrected chi connectivity index (χ1v) is 9.46. The maximum absolute atomic E-state index is 12.3. The normalized spacial score (nSPS) is 15.8. The van der Waals surface area contributed by atoms with Gasteiger partial charge in [-0.3, -0.25) is 9.59 Å². The van der Waals surface area contributed by atoms with Crippen LogP contribution in [0.25, 0.3) is 0 Å². The van der Waals surface area contributed by atoms with Crippen molar-refractivity contribution in [2.75, 3.05) is 31.7 Å². The van der Waals surface area contributed by atoms with Gasteiger partial charge in [-0.2, -0.15) is 0 Å². The van der Waals surface area contributed by atoms with Crippen LogP contribution in [0.5, 0.6) is 0 Å². The fraction of sp³-hybridized carbons (Fsp3) is 0.632. The molecule has 0 aromatic carbocycles. The van der Waals surface area contributed by atoms with Gasteiger partial charge in [0.15, 0.2) is 6.61 Å². The Kier molecular flexibility index (Phi) is 8.16. The van der Waals surface area contributed by atoms with Gasteiger partial charge in [0.05, 0.1) is 13.0 Å². The van der Waals surface area contributed by atoms with E-state index in [-0.39, 0.29) is 11.8 Å². The van der Waals surface area contributed by atoms with Gasteiger partial charge in [0.1, 0.15) is 6.04 Å². The molecule has 1 aliphatic rings. The van der Waals surface area contributed by atoms with Gasteiger partial charge in [-0.1, -0.05) is 13.8 Å². The molecule has 1 aromatic rings. The van der Waals surface area contributed by atoms with E-state index in [0.717, 1.165) is 0 Å². The molecule has 1 unspecified atom stereocenters. The van der Waals surface area contributed by atoms with Crippen molar-refractivity contribution in [3.05, 3.63) is 18.5 Å². The Bertz CT molecular complexity index is 660. The van der Waals surface area contributed by atoms with Crippen LogP contribution < -0.4 is 10.2 Å². The molecule has 1 fully saturated rings. The van der Waals surface area contributed by atoms with Crippen molar-refractivity contribution < 1.29 is 23.9 Å². The molecule has 28 heavy (non-hydrogen) atoms. The molecule has 0 saturated carbocycles. The highest BCUT2D eigenvalue weighted by atomic mass is 16.5. The van der Waals surface area contributed by atoms with E-state index >= 15 is 0 Å². The first kappa shape index (κ1) is 21.6. The maximum Gasteiger partial charge on any atom is 0.328 e. The summed E-state index contributed by atoms with van der Waals surface area (Å²) in [6.07, 6.45) is 5.03. The SMILES string of the molecule is COC(=O)C(CC(C)C)NC(=O)COC(=O)C1CCN(c2ncccn2)CC1. The lowest BCUT2D eigenvalue weighted by Gasteiger charge is -2.30. The van der Waals surface area contributed by atoms with Gasteiger partial charge in [0, 0.05) is 25.5 Å². The summed E-state index contributed by atoms with van der Waals surface area (Å²) < 4.78 is 9.86. The van der Waals surface area contributed by atoms with Crippen molar-refractivity contribution in [3.63, 3.8) is 0 Å². The smallest absolute Gasteiger partial charge is 0.328 e. The van der Waals surface area contributed by atoms with Crippen LogP contribution in [0.4, 0.5) is 5.95 Å². The zero-order chi connectivity index (χ0) is 20.5. The number of ether oxygens (including phenoxy) is 2. The standard InChI is InChI=1S/C19H28N4O5/c1-13(2)11-15(18(26)27-3)22-16(24)12-28-17(25)14-5-9-23(10-6-14)19-20-7-4-8-21-19/h4,7-8,13-15H,5-6,9-12H2,1-3H3,(H,22,24). The number of esters is 2. The van der Waals surface area contributed by atoms with Crippen molar-refractivity contribution in [2.24, 2.45) is 11.8 Å². The number of rotatable bonds is 8. The van der Waals surface area contributed by atoms with E-state index in [1.807, 2.05) is 18.7 Å². The van der Waals surface area contributed by atoms with Gasteiger partial charge >= 0.3 is 11.9 Å². The minimum Gasteiger partial charge on any atom is -0.467 e. The molecule has 1 aromatic heterocycles. The average Bonchev–Trinajstić information content (AvgIpc) is 2.71. The van der Waals surface area contributed by atoms with E-state index in [9.17, 15) is 14.4 Å². The monoisotopic (exact) mass is 392 g/mol. The third-order valence-corrected chi connectivity index (χ3v) is 4.54. The number of piperidine rings is 1. The van der Waals surface area contributed by atoms with Gasteiger partial charge in [-0.15, -0.1) is 0 Å². The summed E-state index contributed by atoms with van der Waals surface area (Å²) in [4.78, 5) is 46.5. The lowest BCUT2D eigenvalue weighted by molar-refractivity contribution is -0.154. The highest BCUT2D eigenvalue weighted by Gasteiger charge is 2.28. The molecular formula is C19H28N4O5. The second-order valence-electron chi connectivity index (χ2n) is 7.19. The lowest BCUT2D eigenvalue weighted by Crippen LogP contribution is -2.44. The van der Waals surface area contributed by atoms with Crippen LogP contribution in [0.1, 0.15) is 33.1 Å². The van der Waals surface area contributed by atoms with Crippen LogP contribution in [-0.2, 0) is 23.9 Å². The van der Waals surface area contributed by atoms with Gasteiger partial charge in [0.25, 0.3) is 5.91 Å². The maximum atomic E-state index is 12.3. The average molecular weight is 392 g/mol. The Morgan fingerprint density at radius 3 is 2.43 bits per heavy atom. The third-order valence-electron chi connectivity index (χ3n) is 4.54. The van der Waals surface area contributed by atoms with E-state index < -0.39 is 30.5 Å². The third kappa shape index (κ3) is 6.47. The number of anilines is 1. The molecule has 0 aliphatic carbocycles. The van der Waals surface area contributed by atoms with E-state index in [1.165, 1.54) is 7.11 Å². The highest BCUT2D eigenvalue weighted by molar-refractivity contribution is 5.86. The van der Waals surface area contributed by atoms with Crippen molar-refractivity contribution in [3.8, 4) is 0 Å². The van der Waals surface area contributed by atoms with Gasteiger partial charge in [-0.25, -0.2) is 14.8 Å². The molecule has 0 spiro atoms. The largest absolute Gasteiger partial charge is 0.467 e. The molecule has 1 atom stereocenters. The van der Waals surface area contributed by atoms with Crippen molar-refractivity contribution in [1.29, 1.82) is 0 Å². The van der Waals surface area contributed by atoms with Crippen molar-refractivity contribution in [1.82, 2.24) is 15.3 Å². The van der Waals surface area contributed by atoms with Crippen LogP contribution in [0.15, 0.2) is 18.5 Å². The van der Waals surface area contributed by atoms with Crippen LogP contribution in [0, 0.1) is 11.8 Å². The Balaban J connectivity index is 1.76. The molecule has 2 rings (SSSR count). The van der Waals surface area contributed by atoms with Crippen LogP contribution in [0.2, 0.25) is 0 Å². The number of aromatic nitrogens is 2. The van der Waals surface area contributed by atoms with Crippen molar-refractivity contribution >= 4 is 23.8 Å². The summed E-state index contributed by atoms with van der Waals surface area (Å²) in [5, 5.41) is 2.57. The van der Waals surface area contributed by atoms with Gasteiger partial charge < -0.3 is 19.7 Å². The second kappa shape index (κ2) is 10.6. The summed E-state index contributed by atoms with van der Waals surface area (Å²) in [6.45, 7) is 4.76. The number of hydrogen-bond donors (Lipinski definition) is 1. The number of nitrogens with zero attached hydrogens (tertiary/aromatic N) is 3. The van der Waals surface area contributed by atoms with Crippen molar-refractivity contribution in [2.45, 2.75) is 39.2 Å². The lowest BCUT2D eigenvalue weighted by atomic mass is 9.97. The number of amides is 1. The molecule has 1 aliphatic heterocycles. The molecular weight excluding hydrogens is 364 g/mol. The predicted molar refractivity (Wildman–Crippen MR) is 101 cm³/mol. The van der Waals surface area contributed by atoms with Crippen LogP contribution in [-0.4, -0.2) is 60.7 Å². The van der Waals surface area contributed by atoms with Crippen LogP contribution >= 0.6 is 0 Å². The summed E-state index contributed by atoms with van der Waals surface area (Å²) in [6, 6.07) is 1.01. The molecule has 154 valence electrons. The topological polar surface area (TPSA) is 111 Å². The zero-order valence-electron chi connectivity index (χ0n) is 16.6. The summed E-state index contributed by atoms with van der Waals surface area (Å²) >= 11 is 0. The molecule has 1 saturated heterocycles. The van der Waals surface area contributed by atoms with E-state index in [1.54, 1.807) is 18.5 Å². The van der Waals surface area contributed by atoms with E-state index in [0.29, 0.717) is 38.3 Å². The quantitative estimate of drug-likeness (QED) is 0.651. The Labute approximate surface area is 164 Å². The Hall–Kier alpha value is -2.71. The molecule has 9 heteroatoms. The zero-order valence-corrected chi connectivity index (χ0v) is 16.6. The number of methoxy groups -OCH3 is 1. The molecule has 9 nitrogen and oxygen atoms in total. The summed E-state index contributed by atoms with van der Waals surface area (Å²) in [5.74, 6) is -0.844. The first-order chi connectivity index (χ1) is 13.4. The molecule has 1 N–H and O–H groups in total. The summed E-state index contributed by atoms with van der Waals surface area (Å²) in [5.41, 5.74) is 0.